The first kappa shape index (κ1) is 18.9. The predicted octanol–water partition coefficient (Wildman–Crippen LogP) is 4.68. The Labute approximate surface area is 160 Å². The molecule has 1 unspecified atom stereocenters. The van der Waals surface area contributed by atoms with Gasteiger partial charge in [-0.15, -0.1) is 10.8 Å². The van der Waals surface area contributed by atoms with Crippen LogP contribution in [0.1, 0.15) is 40.5 Å². The molecule has 0 radical (unpaired) electrons. The topological polar surface area (TPSA) is 39.2 Å². The second-order valence-corrected chi connectivity index (χ2v) is 12.6. The zero-order valence-corrected chi connectivity index (χ0v) is 17.0. The maximum absolute atomic E-state index is 11.7. The van der Waals surface area contributed by atoms with Crippen LogP contribution in [0.2, 0.25) is 0 Å². The number of carbonyl (C=O) groups is 1. The molecule has 1 aliphatic rings. The van der Waals surface area contributed by atoms with Gasteiger partial charge in [0.15, 0.2) is 0 Å². The quantitative estimate of drug-likeness (QED) is 0.437. The monoisotopic (exact) mass is 385 g/mol. The van der Waals surface area contributed by atoms with Crippen molar-refractivity contribution in [2.24, 2.45) is 0 Å². The van der Waals surface area contributed by atoms with Crippen molar-refractivity contribution in [1.29, 1.82) is 0 Å². The summed E-state index contributed by atoms with van der Waals surface area (Å²) in [7, 11) is 1.22. The van der Waals surface area contributed by atoms with Crippen molar-refractivity contribution in [3.05, 3.63) is 58.9 Å². The van der Waals surface area contributed by atoms with Crippen molar-refractivity contribution in [3.8, 4) is 11.8 Å². The molecule has 3 nitrogen and oxygen atoms in total. The molecule has 1 aliphatic heterocycles. The largest absolute Gasteiger partial charge is 0.462 e. The molecule has 0 N–H and O–H groups in total. The first-order valence-corrected chi connectivity index (χ1v) is 12.6. The van der Waals surface area contributed by atoms with Crippen molar-refractivity contribution in [2.45, 2.75) is 24.7 Å². The normalized spacial score (nSPS) is 20.9. The van der Waals surface area contributed by atoms with E-state index in [-0.39, 0.29) is 5.97 Å². The highest BCUT2D eigenvalue weighted by atomic mass is 33.2. The zero-order valence-electron chi connectivity index (χ0n) is 15.4. The van der Waals surface area contributed by atoms with Crippen LogP contribution in [0, 0.1) is 11.8 Å². The van der Waals surface area contributed by atoms with Crippen molar-refractivity contribution in [3.63, 3.8) is 0 Å². The molecular formula is C21H23NO2S2. The number of ether oxygens (including phenoxy) is 1. The van der Waals surface area contributed by atoms with Crippen LogP contribution < -0.4 is 0 Å². The van der Waals surface area contributed by atoms with Gasteiger partial charge in [-0.3, -0.25) is 0 Å². The molecule has 0 spiro atoms. The van der Waals surface area contributed by atoms with Crippen LogP contribution in [0.4, 0.5) is 0 Å². The Kier molecular flexibility index (Phi) is 5.95. The molecule has 0 fully saturated rings. The van der Waals surface area contributed by atoms with E-state index in [1.165, 1.54) is 35.3 Å². The van der Waals surface area contributed by atoms with Gasteiger partial charge in [0, 0.05) is 16.7 Å². The van der Waals surface area contributed by atoms with Gasteiger partial charge in [0.25, 0.3) is 0 Å². The summed E-state index contributed by atoms with van der Waals surface area (Å²) in [4.78, 5) is 17.4. The number of pyridine rings is 1. The molecule has 0 saturated carbocycles. The number of rotatable bonds is 3. The first-order chi connectivity index (χ1) is 12.6. The number of fused-ring (bicyclic) bond motifs is 1. The number of esters is 1. The molecule has 2 heterocycles. The summed E-state index contributed by atoms with van der Waals surface area (Å²) in [6.45, 7) is 2.14. The molecule has 1 aromatic carbocycles. The van der Waals surface area contributed by atoms with Crippen LogP contribution in [-0.4, -0.2) is 35.8 Å². The molecule has 2 aromatic rings. The molecule has 1 aromatic heterocycles. The second kappa shape index (κ2) is 8.20. The fourth-order valence-corrected chi connectivity index (χ4v) is 7.22. The average Bonchev–Trinajstić information content (AvgIpc) is 2.67. The number of nitrogens with zero attached hydrogens (tertiary/aromatic N) is 1. The fourth-order valence-electron chi connectivity index (χ4n) is 3.00. The second-order valence-electron chi connectivity index (χ2n) is 6.20. The average molecular weight is 386 g/mol. The number of hydrogen-bond acceptors (Lipinski definition) is 4. The third kappa shape index (κ3) is 4.08. The third-order valence-corrected chi connectivity index (χ3v) is 10.8. The lowest BCUT2D eigenvalue weighted by Crippen LogP contribution is -2.10. The van der Waals surface area contributed by atoms with Gasteiger partial charge >= 0.3 is 5.97 Å². The van der Waals surface area contributed by atoms with Crippen molar-refractivity contribution in [1.82, 2.24) is 4.98 Å². The van der Waals surface area contributed by atoms with Crippen LogP contribution in [0.25, 0.3) is 0 Å². The lowest BCUT2D eigenvalue weighted by molar-refractivity contribution is 0.0526. The standard InChI is InChI=1S/C21H23NO2S2/c1-4-24-21(23)18-10-12-19(22-15-18)11-8-16-7-9-17-6-5-13-26(3,25-2)20(17)14-16/h7,9-10,12,14-15H,4-6,13H2,1-3H3. The minimum Gasteiger partial charge on any atom is -0.462 e. The summed E-state index contributed by atoms with van der Waals surface area (Å²) in [6, 6.07) is 10.1. The van der Waals surface area contributed by atoms with E-state index in [4.69, 9.17) is 4.74 Å². The molecule has 1 atom stereocenters. The minimum absolute atomic E-state index is 0.353. The van der Waals surface area contributed by atoms with E-state index in [1.807, 2.05) is 10.8 Å². The van der Waals surface area contributed by atoms with Crippen molar-refractivity contribution in [2.75, 3.05) is 24.9 Å². The van der Waals surface area contributed by atoms with E-state index >= 15 is 0 Å². The molecular weight excluding hydrogens is 362 g/mol. The van der Waals surface area contributed by atoms with E-state index in [0.29, 0.717) is 17.9 Å². The van der Waals surface area contributed by atoms with Crippen molar-refractivity contribution >= 4 is 25.8 Å². The fraction of sp³-hybridized carbons (Fsp3) is 0.333. The summed E-state index contributed by atoms with van der Waals surface area (Å²) < 4.78 is 4.97. The summed E-state index contributed by atoms with van der Waals surface area (Å²) in [5, 5.41) is 0. The van der Waals surface area contributed by atoms with E-state index < -0.39 is 9.06 Å². The molecule has 0 aliphatic carbocycles. The first-order valence-electron chi connectivity index (χ1n) is 8.65. The summed E-state index contributed by atoms with van der Waals surface area (Å²) in [6.07, 6.45) is 8.59. The highest BCUT2D eigenvalue weighted by Gasteiger charge is 2.26. The van der Waals surface area contributed by atoms with Gasteiger partial charge in [-0.2, -0.15) is 9.06 Å². The number of benzene rings is 1. The van der Waals surface area contributed by atoms with Gasteiger partial charge in [0.05, 0.1) is 12.2 Å². The Bertz CT molecular complexity index is 868. The summed E-state index contributed by atoms with van der Waals surface area (Å²) >= 11 is 0. The van der Waals surface area contributed by atoms with Crippen LogP contribution >= 0.6 is 19.9 Å². The van der Waals surface area contributed by atoms with Gasteiger partial charge in [0.1, 0.15) is 5.69 Å². The van der Waals surface area contributed by atoms with Gasteiger partial charge < -0.3 is 4.74 Å². The zero-order chi connectivity index (χ0) is 18.6. The molecule has 0 saturated heterocycles. The molecule has 0 bridgehead atoms. The maximum atomic E-state index is 11.7. The third-order valence-electron chi connectivity index (χ3n) is 4.49. The Morgan fingerprint density at radius 3 is 2.85 bits per heavy atom. The van der Waals surface area contributed by atoms with Crippen LogP contribution in [0.3, 0.4) is 0 Å². The number of aromatic nitrogens is 1. The van der Waals surface area contributed by atoms with Crippen LogP contribution in [-0.2, 0) is 11.2 Å². The lowest BCUT2D eigenvalue weighted by atomic mass is 10.1. The molecule has 5 heteroatoms. The Hall–Kier alpha value is -1.90. The molecule has 136 valence electrons. The SMILES string of the molecule is CCOC(=O)c1ccc(C#Cc2ccc3c(c2)S(C)(SC)CCC3)nc1. The van der Waals surface area contributed by atoms with E-state index in [1.54, 1.807) is 19.1 Å². The smallest absolute Gasteiger partial charge is 0.339 e. The molecule has 0 amide bonds. The van der Waals surface area contributed by atoms with E-state index in [9.17, 15) is 4.79 Å². The van der Waals surface area contributed by atoms with E-state index in [2.05, 4.69) is 47.5 Å². The number of hydrogen-bond donors (Lipinski definition) is 0. The Balaban J connectivity index is 1.82. The van der Waals surface area contributed by atoms with Gasteiger partial charge in [-0.05, 0) is 73.8 Å². The van der Waals surface area contributed by atoms with Crippen LogP contribution in [0.15, 0.2) is 41.4 Å². The minimum atomic E-state index is -0.782. The van der Waals surface area contributed by atoms with Gasteiger partial charge in [-0.25, -0.2) is 9.78 Å². The lowest BCUT2D eigenvalue weighted by Gasteiger charge is -2.39. The molecule has 3 rings (SSSR count). The Morgan fingerprint density at radius 2 is 2.15 bits per heavy atom. The highest BCUT2D eigenvalue weighted by molar-refractivity contribution is 8.93. The highest BCUT2D eigenvalue weighted by Crippen LogP contribution is 2.65. The Morgan fingerprint density at radius 1 is 1.31 bits per heavy atom. The van der Waals surface area contributed by atoms with Gasteiger partial charge in [0.2, 0.25) is 0 Å². The number of aryl methyl sites for hydroxylation is 1. The predicted molar refractivity (Wildman–Crippen MR) is 111 cm³/mol. The van der Waals surface area contributed by atoms with Gasteiger partial charge in [-0.1, -0.05) is 12.0 Å². The van der Waals surface area contributed by atoms with Crippen molar-refractivity contribution < 1.29 is 9.53 Å². The van der Waals surface area contributed by atoms with Crippen LogP contribution in [0.5, 0.6) is 0 Å². The maximum Gasteiger partial charge on any atom is 0.339 e. The summed E-state index contributed by atoms with van der Waals surface area (Å²) in [5.74, 6) is 7.26. The molecule has 26 heavy (non-hydrogen) atoms. The number of carbonyl (C=O) groups excluding carboxylic acids is 1. The summed E-state index contributed by atoms with van der Waals surface area (Å²) in [5.41, 5.74) is 3.60. The van der Waals surface area contributed by atoms with E-state index in [0.717, 1.165) is 5.56 Å².